The zero-order valence-electron chi connectivity index (χ0n) is 11.4. The first-order valence-electron chi connectivity index (χ1n) is 6.06. The number of esters is 1. The van der Waals surface area contributed by atoms with Crippen molar-refractivity contribution >= 4 is 5.97 Å². The topological polar surface area (TPSA) is 77.1 Å². The van der Waals surface area contributed by atoms with Crippen molar-refractivity contribution in [2.24, 2.45) is 0 Å². The molecule has 0 bridgehead atoms. The Morgan fingerprint density at radius 1 is 1.26 bits per heavy atom. The molecule has 11 heteroatoms. The van der Waals surface area contributed by atoms with Gasteiger partial charge in [-0.05, 0) is 19.1 Å². The molecule has 2 aromatic rings. The molecular weight excluding hydrogens is 329 g/mol. The number of nitrogens with one attached hydrogen (secondary N) is 1. The summed E-state index contributed by atoms with van der Waals surface area (Å²) in [5.41, 5.74) is -2.21. The summed E-state index contributed by atoms with van der Waals surface area (Å²) < 4.78 is 72.7. The molecule has 1 heterocycles. The highest BCUT2D eigenvalue weighted by Gasteiger charge is 2.34. The van der Waals surface area contributed by atoms with E-state index in [4.69, 9.17) is 0 Å². The van der Waals surface area contributed by atoms with E-state index in [0.717, 1.165) is 0 Å². The maximum absolute atomic E-state index is 14.2. The van der Waals surface area contributed by atoms with Crippen LogP contribution in [0.25, 0.3) is 11.3 Å². The third-order valence-corrected chi connectivity index (χ3v) is 2.53. The van der Waals surface area contributed by atoms with Crippen molar-refractivity contribution < 1.29 is 36.2 Å². The third kappa shape index (κ3) is 3.55. The van der Waals surface area contributed by atoms with Gasteiger partial charge in [0.15, 0.2) is 17.3 Å². The van der Waals surface area contributed by atoms with Gasteiger partial charge in [-0.2, -0.15) is 10.3 Å². The maximum Gasteiger partial charge on any atom is 0.573 e. The van der Waals surface area contributed by atoms with Crippen molar-refractivity contribution in [2.45, 2.75) is 13.3 Å². The number of carbonyl (C=O) groups is 1. The van der Waals surface area contributed by atoms with Gasteiger partial charge in [0.1, 0.15) is 11.5 Å². The summed E-state index contributed by atoms with van der Waals surface area (Å²) in [5, 5.41) is 8.75. The van der Waals surface area contributed by atoms with Crippen LogP contribution in [-0.4, -0.2) is 34.3 Å². The molecule has 0 atom stereocenters. The molecule has 23 heavy (non-hydrogen) atoms. The van der Waals surface area contributed by atoms with Gasteiger partial charge in [-0.15, -0.1) is 18.3 Å². The van der Waals surface area contributed by atoms with Crippen molar-refractivity contribution in [3.8, 4) is 17.0 Å². The van der Waals surface area contributed by atoms with Crippen LogP contribution in [0.4, 0.5) is 22.0 Å². The molecule has 0 unspecified atom stereocenters. The first-order valence-corrected chi connectivity index (χ1v) is 6.06. The highest BCUT2D eigenvalue weighted by molar-refractivity contribution is 5.94. The van der Waals surface area contributed by atoms with Crippen molar-refractivity contribution in [2.75, 3.05) is 6.61 Å². The number of alkyl halides is 3. The van der Waals surface area contributed by atoms with Crippen LogP contribution in [0.15, 0.2) is 12.1 Å². The Hall–Kier alpha value is -2.72. The van der Waals surface area contributed by atoms with Crippen LogP contribution >= 0.6 is 0 Å². The molecule has 0 saturated carbocycles. The Morgan fingerprint density at radius 3 is 2.57 bits per heavy atom. The molecule has 0 aliphatic heterocycles. The van der Waals surface area contributed by atoms with Gasteiger partial charge in [0.25, 0.3) is 0 Å². The highest BCUT2D eigenvalue weighted by Crippen LogP contribution is 2.34. The number of benzene rings is 1. The SMILES string of the molecule is CCOC(=O)c1n[nH]nc1-c1c(F)ccc(OC(F)(F)F)c1F. The molecule has 0 fully saturated rings. The van der Waals surface area contributed by atoms with Crippen LogP contribution in [0.3, 0.4) is 0 Å². The van der Waals surface area contributed by atoms with Gasteiger partial charge in [-0.1, -0.05) is 0 Å². The fourth-order valence-corrected chi connectivity index (χ4v) is 1.70. The number of hydrogen-bond donors (Lipinski definition) is 1. The number of nitrogens with zero attached hydrogens (tertiary/aromatic N) is 2. The van der Waals surface area contributed by atoms with E-state index in [-0.39, 0.29) is 6.61 Å². The zero-order valence-corrected chi connectivity index (χ0v) is 11.4. The Morgan fingerprint density at radius 2 is 1.96 bits per heavy atom. The molecule has 0 spiro atoms. The van der Waals surface area contributed by atoms with E-state index in [9.17, 15) is 26.7 Å². The Kier molecular flexibility index (Phi) is 4.48. The molecule has 0 aliphatic carbocycles. The summed E-state index contributed by atoms with van der Waals surface area (Å²) in [4.78, 5) is 11.6. The number of H-pyrrole nitrogens is 1. The number of ether oxygens (including phenoxy) is 2. The van der Waals surface area contributed by atoms with E-state index in [0.29, 0.717) is 12.1 Å². The molecule has 1 aromatic heterocycles. The fourth-order valence-electron chi connectivity index (χ4n) is 1.70. The molecule has 0 radical (unpaired) electrons. The minimum Gasteiger partial charge on any atom is -0.461 e. The lowest BCUT2D eigenvalue weighted by atomic mass is 10.1. The highest BCUT2D eigenvalue weighted by atomic mass is 19.4. The monoisotopic (exact) mass is 337 g/mol. The van der Waals surface area contributed by atoms with E-state index >= 15 is 0 Å². The number of carbonyl (C=O) groups excluding carboxylic acids is 1. The van der Waals surface area contributed by atoms with Gasteiger partial charge in [0.05, 0.1) is 12.2 Å². The smallest absolute Gasteiger partial charge is 0.461 e. The summed E-state index contributed by atoms with van der Waals surface area (Å²) in [6.45, 7) is 1.43. The lowest BCUT2D eigenvalue weighted by Gasteiger charge is -2.12. The van der Waals surface area contributed by atoms with Crippen LogP contribution in [0.5, 0.6) is 5.75 Å². The minimum atomic E-state index is -5.18. The predicted molar refractivity (Wildman–Crippen MR) is 64.4 cm³/mol. The van der Waals surface area contributed by atoms with E-state index in [1.54, 1.807) is 0 Å². The molecule has 0 amide bonds. The molecule has 1 aromatic carbocycles. The van der Waals surface area contributed by atoms with E-state index < -0.39 is 46.7 Å². The van der Waals surface area contributed by atoms with Gasteiger partial charge in [-0.3, -0.25) is 0 Å². The molecular formula is C12H8F5N3O3. The summed E-state index contributed by atoms with van der Waals surface area (Å²) >= 11 is 0. The number of hydrogen-bond acceptors (Lipinski definition) is 5. The van der Waals surface area contributed by atoms with Crippen molar-refractivity contribution in [3.63, 3.8) is 0 Å². The van der Waals surface area contributed by atoms with Crippen LogP contribution < -0.4 is 4.74 Å². The average molecular weight is 337 g/mol. The fraction of sp³-hybridized carbons (Fsp3) is 0.250. The largest absolute Gasteiger partial charge is 0.573 e. The number of aromatic amines is 1. The van der Waals surface area contributed by atoms with E-state index in [1.165, 1.54) is 6.92 Å². The summed E-state index contributed by atoms with van der Waals surface area (Å²) in [6.07, 6.45) is -5.18. The summed E-state index contributed by atoms with van der Waals surface area (Å²) in [7, 11) is 0. The quantitative estimate of drug-likeness (QED) is 0.686. The number of aromatic nitrogens is 3. The summed E-state index contributed by atoms with van der Waals surface area (Å²) in [6, 6.07) is 1.01. The van der Waals surface area contributed by atoms with Crippen LogP contribution in [0.2, 0.25) is 0 Å². The molecule has 124 valence electrons. The summed E-state index contributed by atoms with van der Waals surface area (Å²) in [5.74, 6) is -5.25. The van der Waals surface area contributed by atoms with Gasteiger partial charge in [-0.25, -0.2) is 13.6 Å². The predicted octanol–water partition coefficient (Wildman–Crippen LogP) is 2.83. The minimum absolute atomic E-state index is 0.0483. The number of rotatable bonds is 4. The maximum atomic E-state index is 14.2. The van der Waals surface area contributed by atoms with Crippen LogP contribution in [-0.2, 0) is 4.74 Å². The van der Waals surface area contributed by atoms with Gasteiger partial charge in [0, 0.05) is 0 Å². The Balaban J connectivity index is 2.54. The van der Waals surface area contributed by atoms with Crippen molar-refractivity contribution in [1.82, 2.24) is 15.4 Å². The van der Waals surface area contributed by atoms with Gasteiger partial charge < -0.3 is 9.47 Å². The molecule has 0 saturated heterocycles. The standard InChI is InChI=1S/C12H8F5N3O3/c1-2-22-11(21)10-9(18-20-19-10)7-5(13)3-4-6(8(7)14)23-12(15,16)17/h3-4H,2H2,1H3,(H,18,19,20). The molecule has 1 N–H and O–H groups in total. The Bertz CT molecular complexity index is 729. The second kappa shape index (κ2) is 6.18. The zero-order chi connectivity index (χ0) is 17.2. The lowest BCUT2D eigenvalue weighted by molar-refractivity contribution is -0.275. The van der Waals surface area contributed by atoms with Crippen molar-refractivity contribution in [3.05, 3.63) is 29.5 Å². The van der Waals surface area contributed by atoms with Crippen molar-refractivity contribution in [1.29, 1.82) is 0 Å². The third-order valence-electron chi connectivity index (χ3n) is 2.53. The second-order valence-electron chi connectivity index (χ2n) is 4.02. The van der Waals surface area contributed by atoms with Gasteiger partial charge >= 0.3 is 12.3 Å². The first kappa shape index (κ1) is 16.6. The van der Waals surface area contributed by atoms with E-state index in [1.807, 2.05) is 5.21 Å². The Labute approximate surface area is 125 Å². The van der Waals surface area contributed by atoms with Gasteiger partial charge in [0.2, 0.25) is 0 Å². The first-order chi connectivity index (χ1) is 10.7. The molecule has 2 rings (SSSR count). The average Bonchev–Trinajstić information content (AvgIpc) is 2.90. The van der Waals surface area contributed by atoms with Crippen LogP contribution in [0, 0.1) is 11.6 Å². The molecule has 0 aliphatic rings. The lowest BCUT2D eigenvalue weighted by Crippen LogP contribution is -2.18. The molecule has 6 nitrogen and oxygen atoms in total. The van der Waals surface area contributed by atoms with E-state index in [2.05, 4.69) is 19.7 Å². The normalized spacial score (nSPS) is 11.4. The number of halogens is 5. The van der Waals surface area contributed by atoms with Crippen LogP contribution in [0.1, 0.15) is 17.4 Å². The second-order valence-corrected chi connectivity index (χ2v) is 4.02.